The molecule has 1 aromatic carbocycles. The predicted octanol–water partition coefficient (Wildman–Crippen LogP) is 2.72. The molecule has 0 amide bonds. The minimum Gasteiger partial charge on any atom is -0.329 e. The molecule has 0 aliphatic carbocycles. The lowest BCUT2D eigenvalue weighted by Crippen LogP contribution is -2.10. The van der Waals surface area contributed by atoms with Crippen molar-refractivity contribution in [2.24, 2.45) is 0 Å². The maximum Gasteiger partial charge on any atom is 0.132 e. The van der Waals surface area contributed by atoms with Crippen LogP contribution in [0.5, 0.6) is 0 Å². The quantitative estimate of drug-likeness (QED) is 0.763. The van der Waals surface area contributed by atoms with Crippen LogP contribution in [0.15, 0.2) is 48.7 Å². The van der Waals surface area contributed by atoms with Gasteiger partial charge in [0.15, 0.2) is 0 Å². The molecule has 0 spiro atoms. The fourth-order valence-electron chi connectivity index (χ4n) is 1.43. The zero-order valence-corrected chi connectivity index (χ0v) is 8.96. The Kier molecular flexibility index (Phi) is 2.84. The first-order chi connectivity index (χ1) is 7.81. The van der Waals surface area contributed by atoms with Crippen molar-refractivity contribution in [3.05, 3.63) is 54.2 Å². The van der Waals surface area contributed by atoms with Gasteiger partial charge in [-0.15, -0.1) is 0 Å². The third-order valence-corrected chi connectivity index (χ3v) is 2.36. The molecule has 78 valence electrons. The molecular formula is C13H11N3. The highest BCUT2D eigenvalue weighted by atomic mass is 15.2. The summed E-state index contributed by atoms with van der Waals surface area (Å²) in [6, 6.07) is 15.6. The summed E-state index contributed by atoms with van der Waals surface area (Å²) >= 11 is 0. The molecular weight excluding hydrogens is 198 g/mol. The van der Waals surface area contributed by atoms with Crippen molar-refractivity contribution in [1.82, 2.24) is 4.98 Å². The monoisotopic (exact) mass is 209 g/mol. The molecule has 2 rings (SSSR count). The third kappa shape index (κ3) is 2.01. The van der Waals surface area contributed by atoms with Crippen molar-refractivity contribution in [3.63, 3.8) is 0 Å². The molecule has 0 N–H and O–H groups in total. The van der Waals surface area contributed by atoms with Gasteiger partial charge in [0.25, 0.3) is 0 Å². The first-order valence-corrected chi connectivity index (χ1v) is 4.96. The van der Waals surface area contributed by atoms with Gasteiger partial charge < -0.3 is 4.90 Å². The molecule has 0 radical (unpaired) electrons. The van der Waals surface area contributed by atoms with Crippen LogP contribution in [0.1, 0.15) is 5.56 Å². The maximum absolute atomic E-state index is 8.68. The number of hydrogen-bond acceptors (Lipinski definition) is 3. The summed E-state index contributed by atoms with van der Waals surface area (Å²) in [6.07, 6.45) is 1.58. The number of aromatic nitrogens is 1. The molecule has 1 aromatic heterocycles. The van der Waals surface area contributed by atoms with E-state index in [1.807, 2.05) is 48.3 Å². The Morgan fingerprint density at radius 1 is 1.12 bits per heavy atom. The molecule has 0 bridgehead atoms. The molecule has 16 heavy (non-hydrogen) atoms. The Balaban J connectivity index is 2.28. The van der Waals surface area contributed by atoms with Gasteiger partial charge in [-0.25, -0.2) is 4.98 Å². The summed E-state index contributed by atoms with van der Waals surface area (Å²) in [5, 5.41) is 8.68. The molecule has 1 heterocycles. The van der Waals surface area contributed by atoms with Crippen LogP contribution in [0.25, 0.3) is 0 Å². The second-order valence-corrected chi connectivity index (χ2v) is 3.41. The molecule has 0 atom stereocenters. The average Bonchev–Trinajstić information content (AvgIpc) is 2.39. The lowest BCUT2D eigenvalue weighted by molar-refractivity contribution is 1.12. The maximum atomic E-state index is 8.68. The second-order valence-electron chi connectivity index (χ2n) is 3.41. The van der Waals surface area contributed by atoms with Gasteiger partial charge in [-0.1, -0.05) is 18.2 Å². The largest absolute Gasteiger partial charge is 0.329 e. The SMILES string of the molecule is CN(c1ccccc1)c1ccc(C#N)cn1. The van der Waals surface area contributed by atoms with E-state index in [1.165, 1.54) is 0 Å². The number of nitrogens with zero attached hydrogens (tertiary/aromatic N) is 3. The van der Waals surface area contributed by atoms with E-state index >= 15 is 0 Å². The first-order valence-electron chi connectivity index (χ1n) is 4.96. The van der Waals surface area contributed by atoms with Crippen LogP contribution in [0.4, 0.5) is 11.5 Å². The van der Waals surface area contributed by atoms with Crippen LogP contribution in [0, 0.1) is 11.3 Å². The Morgan fingerprint density at radius 3 is 2.44 bits per heavy atom. The lowest BCUT2D eigenvalue weighted by Gasteiger charge is -2.17. The van der Waals surface area contributed by atoms with Crippen LogP contribution in [-0.2, 0) is 0 Å². The number of anilines is 2. The summed E-state index contributed by atoms with van der Waals surface area (Å²) in [7, 11) is 1.95. The Hall–Kier alpha value is -2.34. The highest BCUT2D eigenvalue weighted by molar-refractivity contribution is 5.59. The van der Waals surface area contributed by atoms with E-state index in [9.17, 15) is 0 Å². The number of para-hydroxylation sites is 1. The standard InChI is InChI=1S/C13H11N3/c1-16(12-5-3-2-4-6-12)13-8-7-11(9-14)10-15-13/h2-8,10H,1H3. The smallest absolute Gasteiger partial charge is 0.132 e. The Labute approximate surface area is 94.6 Å². The Morgan fingerprint density at radius 2 is 1.88 bits per heavy atom. The molecule has 0 aliphatic heterocycles. The fraction of sp³-hybridized carbons (Fsp3) is 0.0769. The van der Waals surface area contributed by atoms with Crippen molar-refractivity contribution >= 4 is 11.5 Å². The minimum atomic E-state index is 0.574. The van der Waals surface area contributed by atoms with E-state index in [1.54, 1.807) is 12.3 Å². The van der Waals surface area contributed by atoms with Gasteiger partial charge in [0.2, 0.25) is 0 Å². The average molecular weight is 209 g/mol. The van der Waals surface area contributed by atoms with Gasteiger partial charge in [-0.3, -0.25) is 0 Å². The van der Waals surface area contributed by atoms with Gasteiger partial charge in [-0.2, -0.15) is 5.26 Å². The number of nitriles is 1. The Bertz CT molecular complexity index is 497. The zero-order valence-electron chi connectivity index (χ0n) is 8.96. The summed E-state index contributed by atoms with van der Waals surface area (Å²) in [5.74, 6) is 0.824. The highest BCUT2D eigenvalue weighted by Gasteiger charge is 2.03. The number of rotatable bonds is 2. The van der Waals surface area contributed by atoms with E-state index < -0.39 is 0 Å². The third-order valence-electron chi connectivity index (χ3n) is 2.36. The molecule has 3 nitrogen and oxygen atoms in total. The predicted molar refractivity (Wildman–Crippen MR) is 63.5 cm³/mol. The summed E-state index contributed by atoms with van der Waals surface area (Å²) < 4.78 is 0. The van der Waals surface area contributed by atoms with Crippen LogP contribution < -0.4 is 4.90 Å². The van der Waals surface area contributed by atoms with Crippen molar-refractivity contribution in [2.75, 3.05) is 11.9 Å². The number of hydrogen-bond donors (Lipinski definition) is 0. The van der Waals surface area contributed by atoms with E-state index in [2.05, 4.69) is 11.1 Å². The number of benzene rings is 1. The van der Waals surface area contributed by atoms with E-state index in [0.717, 1.165) is 11.5 Å². The van der Waals surface area contributed by atoms with Gasteiger partial charge >= 0.3 is 0 Å². The minimum absolute atomic E-state index is 0.574. The molecule has 0 saturated carbocycles. The normalized spacial score (nSPS) is 9.50. The summed E-state index contributed by atoms with van der Waals surface area (Å²) in [4.78, 5) is 6.20. The summed E-state index contributed by atoms with van der Waals surface area (Å²) in [6.45, 7) is 0. The lowest BCUT2D eigenvalue weighted by atomic mass is 10.2. The second kappa shape index (κ2) is 4.45. The summed E-state index contributed by atoms with van der Waals surface area (Å²) in [5.41, 5.74) is 1.64. The molecule has 0 fully saturated rings. The fourth-order valence-corrected chi connectivity index (χ4v) is 1.43. The van der Waals surface area contributed by atoms with E-state index in [0.29, 0.717) is 5.56 Å². The van der Waals surface area contributed by atoms with Gasteiger partial charge in [0.05, 0.1) is 5.56 Å². The molecule has 2 aromatic rings. The number of pyridine rings is 1. The molecule has 0 aliphatic rings. The van der Waals surface area contributed by atoms with Gasteiger partial charge in [0, 0.05) is 18.9 Å². The zero-order chi connectivity index (χ0) is 11.4. The van der Waals surface area contributed by atoms with Gasteiger partial charge in [0.1, 0.15) is 11.9 Å². The topological polar surface area (TPSA) is 39.9 Å². The van der Waals surface area contributed by atoms with E-state index in [4.69, 9.17) is 5.26 Å². The van der Waals surface area contributed by atoms with Crippen molar-refractivity contribution in [2.45, 2.75) is 0 Å². The van der Waals surface area contributed by atoms with Gasteiger partial charge in [-0.05, 0) is 24.3 Å². The van der Waals surface area contributed by atoms with Crippen LogP contribution in [0.2, 0.25) is 0 Å². The van der Waals surface area contributed by atoms with Crippen LogP contribution in [-0.4, -0.2) is 12.0 Å². The van der Waals surface area contributed by atoms with Crippen molar-refractivity contribution in [3.8, 4) is 6.07 Å². The molecule has 3 heteroatoms. The van der Waals surface area contributed by atoms with E-state index in [-0.39, 0.29) is 0 Å². The first kappa shape index (κ1) is 10.2. The molecule has 0 saturated heterocycles. The van der Waals surface area contributed by atoms with Crippen LogP contribution >= 0.6 is 0 Å². The highest BCUT2D eigenvalue weighted by Crippen LogP contribution is 2.20. The van der Waals surface area contributed by atoms with Crippen molar-refractivity contribution < 1.29 is 0 Å². The molecule has 0 unspecified atom stereocenters. The van der Waals surface area contributed by atoms with Crippen LogP contribution in [0.3, 0.4) is 0 Å². The van der Waals surface area contributed by atoms with Crippen molar-refractivity contribution in [1.29, 1.82) is 5.26 Å².